The van der Waals surface area contributed by atoms with Gasteiger partial charge < -0.3 is 9.14 Å². The number of hydrogen-bond donors (Lipinski definition) is 0. The van der Waals surface area contributed by atoms with E-state index >= 15 is 0 Å². The molecule has 5 nitrogen and oxygen atoms in total. The lowest BCUT2D eigenvalue weighted by Crippen LogP contribution is -2.31. The number of imidazole rings is 1. The Labute approximate surface area is 158 Å². The highest BCUT2D eigenvalue weighted by Gasteiger charge is 2.33. The molecule has 1 amide bonds. The highest BCUT2D eigenvalue weighted by Crippen LogP contribution is 2.40. The zero-order chi connectivity index (χ0) is 18.2. The van der Waals surface area contributed by atoms with Crippen LogP contribution < -0.4 is 0 Å². The van der Waals surface area contributed by atoms with Gasteiger partial charge in [-0.1, -0.05) is 36.4 Å². The fourth-order valence-electron chi connectivity index (χ4n) is 3.94. The molecule has 1 saturated carbocycles. The van der Waals surface area contributed by atoms with Crippen LogP contribution in [-0.2, 0) is 11.3 Å². The topological polar surface area (TPSA) is 46.8 Å². The Hall–Kier alpha value is -2.82. The minimum Gasteiger partial charge on any atom is -0.445 e. The lowest BCUT2D eigenvalue weighted by atomic mass is 10.2. The van der Waals surface area contributed by atoms with Crippen LogP contribution in [0.3, 0.4) is 0 Å². The largest absolute Gasteiger partial charge is 0.445 e. The Balaban J connectivity index is 1.32. The summed E-state index contributed by atoms with van der Waals surface area (Å²) in [5.41, 5.74) is 4.29. The second-order valence-electron chi connectivity index (χ2n) is 7.56. The molecule has 2 fully saturated rings. The van der Waals surface area contributed by atoms with Crippen molar-refractivity contribution in [3.05, 3.63) is 71.7 Å². The molecule has 1 aromatic carbocycles. The molecule has 2 aromatic heterocycles. The van der Waals surface area contributed by atoms with Crippen LogP contribution in [0, 0.1) is 0 Å². The van der Waals surface area contributed by atoms with Gasteiger partial charge in [-0.3, -0.25) is 4.90 Å². The molecule has 0 N–H and O–H groups in total. The Morgan fingerprint density at radius 2 is 1.93 bits per heavy atom. The summed E-state index contributed by atoms with van der Waals surface area (Å²) >= 11 is 0. The van der Waals surface area contributed by atoms with Crippen LogP contribution >= 0.6 is 0 Å². The summed E-state index contributed by atoms with van der Waals surface area (Å²) < 4.78 is 7.66. The molecule has 0 spiro atoms. The van der Waals surface area contributed by atoms with Crippen LogP contribution in [0.4, 0.5) is 4.79 Å². The number of pyridine rings is 1. The van der Waals surface area contributed by atoms with E-state index in [0.29, 0.717) is 6.61 Å². The average Bonchev–Trinajstić information content (AvgIpc) is 3.28. The zero-order valence-electron chi connectivity index (χ0n) is 15.3. The van der Waals surface area contributed by atoms with Gasteiger partial charge in [0.25, 0.3) is 0 Å². The molecule has 5 rings (SSSR count). The molecular weight excluding hydrogens is 338 g/mol. The van der Waals surface area contributed by atoms with Crippen LogP contribution in [-0.4, -0.2) is 26.9 Å². The summed E-state index contributed by atoms with van der Waals surface area (Å²) in [7, 11) is 0. The quantitative estimate of drug-likeness (QED) is 0.677. The molecule has 0 unspecified atom stereocenters. The highest BCUT2D eigenvalue weighted by atomic mass is 16.6. The van der Waals surface area contributed by atoms with Crippen molar-refractivity contribution in [3.63, 3.8) is 0 Å². The maximum atomic E-state index is 12.6. The Kier molecular flexibility index (Phi) is 4.07. The van der Waals surface area contributed by atoms with Gasteiger partial charge in [-0.05, 0) is 48.8 Å². The molecule has 1 atom stereocenters. The van der Waals surface area contributed by atoms with Gasteiger partial charge >= 0.3 is 6.09 Å². The van der Waals surface area contributed by atoms with E-state index in [1.54, 1.807) is 0 Å². The number of hydrogen-bond acceptors (Lipinski definition) is 3. The maximum absolute atomic E-state index is 12.6. The Bertz CT molecular complexity index is 962. The van der Waals surface area contributed by atoms with Crippen molar-refractivity contribution in [1.29, 1.82) is 0 Å². The van der Waals surface area contributed by atoms with Crippen molar-refractivity contribution >= 4 is 11.7 Å². The first kappa shape index (κ1) is 16.4. The van der Waals surface area contributed by atoms with Crippen molar-refractivity contribution in [2.24, 2.45) is 0 Å². The van der Waals surface area contributed by atoms with Crippen LogP contribution in [0.5, 0.6) is 0 Å². The summed E-state index contributed by atoms with van der Waals surface area (Å²) in [4.78, 5) is 19.2. The van der Waals surface area contributed by atoms with Crippen LogP contribution in [0.1, 0.15) is 54.5 Å². The number of amides is 1. The van der Waals surface area contributed by atoms with Crippen LogP contribution in [0.25, 0.3) is 5.65 Å². The van der Waals surface area contributed by atoms with E-state index in [1.165, 1.54) is 18.4 Å². The fourth-order valence-corrected chi connectivity index (χ4v) is 3.94. The number of aromatic nitrogens is 2. The van der Waals surface area contributed by atoms with Gasteiger partial charge in [0, 0.05) is 18.9 Å². The first-order valence-electron chi connectivity index (χ1n) is 9.74. The van der Waals surface area contributed by atoms with Gasteiger partial charge in [0.05, 0.1) is 11.7 Å². The molecule has 0 bridgehead atoms. The van der Waals surface area contributed by atoms with Crippen LogP contribution in [0.15, 0.2) is 54.9 Å². The van der Waals surface area contributed by atoms with Gasteiger partial charge in [0.1, 0.15) is 12.3 Å². The van der Waals surface area contributed by atoms with Crippen molar-refractivity contribution in [1.82, 2.24) is 14.3 Å². The summed E-state index contributed by atoms with van der Waals surface area (Å²) in [5.74, 6) is 0.719. The average molecular weight is 361 g/mol. The first-order valence-corrected chi connectivity index (χ1v) is 9.74. The smallest absolute Gasteiger partial charge is 0.410 e. The lowest BCUT2D eigenvalue weighted by molar-refractivity contribution is 0.0915. The van der Waals surface area contributed by atoms with E-state index < -0.39 is 0 Å². The third-order valence-electron chi connectivity index (χ3n) is 5.58. The predicted molar refractivity (Wildman–Crippen MR) is 102 cm³/mol. The number of carbonyl (C=O) groups excluding carboxylic acids is 1. The van der Waals surface area contributed by atoms with Crippen LogP contribution in [0.2, 0.25) is 0 Å². The molecule has 2 aliphatic rings. The molecule has 0 radical (unpaired) electrons. The molecule has 3 heterocycles. The number of ether oxygens (including phenoxy) is 1. The van der Waals surface area contributed by atoms with E-state index in [1.807, 2.05) is 35.2 Å². The van der Waals surface area contributed by atoms with Gasteiger partial charge in [-0.2, -0.15) is 0 Å². The molecule has 1 saturated heterocycles. The van der Waals surface area contributed by atoms with E-state index in [-0.39, 0.29) is 12.1 Å². The normalized spacial score (nSPS) is 19.6. The maximum Gasteiger partial charge on any atom is 0.410 e. The first-order chi connectivity index (χ1) is 13.3. The van der Waals surface area contributed by atoms with Gasteiger partial charge in [0.15, 0.2) is 0 Å². The molecule has 5 heteroatoms. The van der Waals surface area contributed by atoms with Crippen molar-refractivity contribution in [3.8, 4) is 0 Å². The van der Waals surface area contributed by atoms with Crippen molar-refractivity contribution < 1.29 is 9.53 Å². The number of benzene rings is 1. The van der Waals surface area contributed by atoms with E-state index in [2.05, 4.69) is 28.9 Å². The number of carbonyl (C=O) groups is 1. The number of nitrogens with zero attached hydrogens (tertiary/aromatic N) is 3. The third kappa shape index (κ3) is 3.29. The summed E-state index contributed by atoms with van der Waals surface area (Å²) in [6.45, 7) is 1.03. The minimum atomic E-state index is -0.253. The monoisotopic (exact) mass is 361 g/mol. The molecule has 3 aromatic rings. The number of rotatable bonds is 4. The standard InChI is InChI=1S/C22H23N3O2/c26-22(27-15-16-5-2-1-3-6-16)25-12-4-7-20(25)19-14-24-13-18(17-8-9-17)10-11-21(24)23-19/h1-3,5-6,10-11,13-14,17,20H,4,7-9,12,15H2/t20-/m1/s1. The van der Waals surface area contributed by atoms with Crippen molar-refractivity contribution in [2.45, 2.75) is 44.2 Å². The highest BCUT2D eigenvalue weighted by molar-refractivity contribution is 5.68. The number of likely N-dealkylation sites (tertiary alicyclic amines) is 1. The summed E-state index contributed by atoms with van der Waals surface area (Å²) in [5, 5.41) is 0. The molecular formula is C22H23N3O2. The molecule has 1 aliphatic carbocycles. The van der Waals surface area contributed by atoms with Gasteiger partial charge in [-0.15, -0.1) is 0 Å². The number of fused-ring (bicyclic) bond motifs is 1. The third-order valence-corrected chi connectivity index (χ3v) is 5.58. The van der Waals surface area contributed by atoms with E-state index in [0.717, 1.165) is 42.2 Å². The molecule has 27 heavy (non-hydrogen) atoms. The fraction of sp³-hybridized carbons (Fsp3) is 0.364. The van der Waals surface area contributed by atoms with E-state index in [9.17, 15) is 4.79 Å². The summed E-state index contributed by atoms with van der Waals surface area (Å²) in [6.07, 6.45) is 8.50. The Morgan fingerprint density at radius 3 is 2.74 bits per heavy atom. The van der Waals surface area contributed by atoms with Gasteiger partial charge in [-0.25, -0.2) is 9.78 Å². The zero-order valence-corrected chi connectivity index (χ0v) is 15.3. The van der Waals surface area contributed by atoms with Gasteiger partial charge in [0.2, 0.25) is 0 Å². The molecule has 1 aliphatic heterocycles. The second kappa shape index (κ2) is 6.72. The summed E-state index contributed by atoms with van der Waals surface area (Å²) in [6, 6.07) is 14.1. The van der Waals surface area contributed by atoms with Crippen molar-refractivity contribution in [2.75, 3.05) is 6.54 Å². The predicted octanol–water partition coefficient (Wildman–Crippen LogP) is 4.69. The molecule has 138 valence electrons. The second-order valence-corrected chi connectivity index (χ2v) is 7.56. The van der Waals surface area contributed by atoms with E-state index in [4.69, 9.17) is 9.72 Å². The minimum absolute atomic E-state index is 0.00227. The SMILES string of the molecule is O=C(OCc1ccccc1)N1CCC[C@@H]1c1cn2cc(C3CC3)ccc2n1. The lowest BCUT2D eigenvalue weighted by Gasteiger charge is -2.22. The Morgan fingerprint density at radius 1 is 1.07 bits per heavy atom.